The molecule has 0 aliphatic carbocycles. The molecule has 62 valence electrons. The summed E-state index contributed by atoms with van der Waals surface area (Å²) >= 11 is 0. The van der Waals surface area contributed by atoms with Crippen LogP contribution in [0.4, 0.5) is 0 Å². The van der Waals surface area contributed by atoms with Gasteiger partial charge in [0.15, 0.2) is 12.1 Å². The second-order valence-corrected chi connectivity index (χ2v) is 1.33. The van der Waals surface area contributed by atoms with Crippen molar-refractivity contribution in [1.29, 1.82) is 0 Å². The van der Waals surface area contributed by atoms with Gasteiger partial charge in [0.1, 0.15) is 0 Å². The largest absolute Gasteiger partial charge is 0.384 e. The molecule has 0 fully saturated rings. The second-order valence-electron chi connectivity index (χ2n) is 1.33. The highest BCUT2D eigenvalue weighted by Crippen LogP contribution is 1.78. The van der Waals surface area contributed by atoms with Crippen LogP contribution in [0.1, 0.15) is 21.3 Å². The molecule has 0 saturated heterocycles. The van der Waals surface area contributed by atoms with Gasteiger partial charge in [-0.2, -0.15) is 0 Å². The average Bonchev–Trinajstić information content (AvgIpc) is 1.83. The van der Waals surface area contributed by atoms with E-state index < -0.39 is 5.78 Å². The van der Waals surface area contributed by atoms with E-state index in [0.29, 0.717) is 12.9 Å². The van der Waals surface area contributed by atoms with E-state index in [0.717, 1.165) is 0 Å². The lowest BCUT2D eigenvalue weighted by atomic mass is 10.3. The molecule has 0 heterocycles. The van der Waals surface area contributed by atoms with Crippen LogP contribution in [0.2, 0.25) is 0 Å². The van der Waals surface area contributed by atoms with Crippen LogP contribution in [0.25, 0.3) is 0 Å². The molecule has 0 unspecified atom stereocenters. The Bertz CT molecular complexity index is 88.9. The molecule has 0 aromatic heterocycles. The van der Waals surface area contributed by atoms with Crippen molar-refractivity contribution in [3.05, 3.63) is 0 Å². The summed E-state index contributed by atoms with van der Waals surface area (Å²) in [5, 5.41) is 0. The fourth-order valence-corrected chi connectivity index (χ4v) is 0.262. The van der Waals surface area contributed by atoms with Crippen LogP contribution in [0.15, 0.2) is 0 Å². The highest BCUT2D eigenvalue weighted by Gasteiger charge is 1.94. The number of hydrogen-bond acceptors (Lipinski definition) is 3. The average molecular weight is 148 g/mol. The van der Waals surface area contributed by atoms with Crippen LogP contribution in [0, 0.1) is 0 Å². The van der Waals surface area contributed by atoms with Gasteiger partial charge in [-0.05, 0) is 0 Å². The predicted molar refractivity (Wildman–Crippen MR) is 41.0 cm³/mol. The lowest BCUT2D eigenvalue weighted by molar-refractivity contribution is -0.130. The van der Waals surface area contributed by atoms with Crippen LogP contribution < -0.4 is 0 Å². The highest BCUT2D eigenvalue weighted by molar-refractivity contribution is 6.24. The molecular weight excluding hydrogens is 132 g/mol. The Hall–Kier alpha value is -0.700. The van der Waals surface area contributed by atoms with Crippen molar-refractivity contribution in [3.63, 3.8) is 0 Å². The van der Waals surface area contributed by atoms with E-state index >= 15 is 0 Å². The zero-order valence-corrected chi connectivity index (χ0v) is 4.72. The molecule has 0 saturated carbocycles. The third-order valence-electron chi connectivity index (χ3n) is 0.684. The number of methoxy groups -OCH3 is 1. The van der Waals surface area contributed by atoms with Crippen molar-refractivity contribution in [1.82, 2.24) is 0 Å². The van der Waals surface area contributed by atoms with Crippen molar-refractivity contribution in [2.75, 3.05) is 13.7 Å². The summed E-state index contributed by atoms with van der Waals surface area (Å²) in [4.78, 5) is 19.7. The zero-order chi connectivity index (χ0) is 6.41. The van der Waals surface area contributed by atoms with Gasteiger partial charge in [0, 0.05) is 13.5 Å². The summed E-state index contributed by atoms with van der Waals surface area (Å²) in [5.74, 6) is -0.410. The molecule has 0 rings (SSSR count). The van der Waals surface area contributed by atoms with Gasteiger partial charge in [0.25, 0.3) is 0 Å². The first-order chi connectivity index (χ1) is 3.81. The van der Waals surface area contributed by atoms with Crippen molar-refractivity contribution >= 4 is 12.1 Å². The molecule has 10 heavy (non-hydrogen) atoms. The van der Waals surface area contributed by atoms with Gasteiger partial charge in [0.05, 0.1) is 6.61 Å². The standard InChI is InChI=1S/C5H8O3.2CH4/c1-8-3-2-5(7)4-6;;/h4H,2-3H2,1H3;2*1H4. The highest BCUT2D eigenvalue weighted by atomic mass is 16.5. The Morgan fingerprint density at radius 1 is 1.50 bits per heavy atom. The maximum absolute atomic E-state index is 10.1. The number of rotatable bonds is 4. The Morgan fingerprint density at radius 3 is 2.30 bits per heavy atom. The Morgan fingerprint density at radius 2 is 2.00 bits per heavy atom. The molecule has 0 spiro atoms. The number of carbonyl (C=O) groups is 2. The summed E-state index contributed by atoms with van der Waals surface area (Å²) < 4.78 is 4.53. The number of hydrogen-bond donors (Lipinski definition) is 0. The molecule has 0 amide bonds. The van der Waals surface area contributed by atoms with E-state index in [1.165, 1.54) is 7.11 Å². The zero-order valence-electron chi connectivity index (χ0n) is 4.72. The number of carbonyl (C=O) groups excluding carboxylic acids is 2. The van der Waals surface area contributed by atoms with Gasteiger partial charge in [-0.15, -0.1) is 0 Å². The maximum atomic E-state index is 10.1. The first kappa shape index (κ1) is 16.1. The minimum Gasteiger partial charge on any atom is -0.384 e. The molecule has 0 atom stereocenters. The molecule has 0 aromatic rings. The molecule has 0 aliphatic heterocycles. The van der Waals surface area contributed by atoms with E-state index in [1.54, 1.807) is 0 Å². The Balaban J connectivity index is -0.000000245. The summed E-state index contributed by atoms with van der Waals surface area (Å²) in [6, 6.07) is 0. The summed E-state index contributed by atoms with van der Waals surface area (Å²) in [7, 11) is 1.48. The first-order valence-corrected chi connectivity index (χ1v) is 2.28. The third kappa shape index (κ3) is 10.3. The van der Waals surface area contributed by atoms with E-state index in [2.05, 4.69) is 4.74 Å². The monoisotopic (exact) mass is 148 g/mol. The summed E-state index contributed by atoms with van der Waals surface area (Å²) in [6.07, 6.45) is 0.499. The Labute approximate surface area is 62.4 Å². The van der Waals surface area contributed by atoms with Crippen LogP contribution in [-0.4, -0.2) is 25.8 Å². The minimum absolute atomic E-state index is 0. The lowest BCUT2D eigenvalue weighted by Gasteiger charge is -1.88. The Kier molecular flexibility index (Phi) is 18.0. The fraction of sp³-hybridized carbons (Fsp3) is 0.714. The number of aldehydes is 1. The van der Waals surface area contributed by atoms with Gasteiger partial charge >= 0.3 is 0 Å². The van der Waals surface area contributed by atoms with Gasteiger partial charge in [-0.3, -0.25) is 9.59 Å². The third-order valence-corrected chi connectivity index (χ3v) is 0.684. The molecule has 0 aliphatic rings. The van der Waals surface area contributed by atoms with E-state index in [-0.39, 0.29) is 21.3 Å². The normalized spacial score (nSPS) is 6.90. The van der Waals surface area contributed by atoms with Crippen LogP contribution in [-0.2, 0) is 14.3 Å². The van der Waals surface area contributed by atoms with Gasteiger partial charge in [-0.25, -0.2) is 0 Å². The van der Waals surface area contributed by atoms with Gasteiger partial charge < -0.3 is 4.74 Å². The minimum atomic E-state index is -0.410. The summed E-state index contributed by atoms with van der Waals surface area (Å²) in [6.45, 7) is 0.331. The van der Waals surface area contributed by atoms with E-state index in [9.17, 15) is 9.59 Å². The molecule has 0 N–H and O–H groups in total. The molecule has 3 heteroatoms. The molecule has 0 aromatic carbocycles. The quantitative estimate of drug-likeness (QED) is 0.442. The van der Waals surface area contributed by atoms with Crippen molar-refractivity contribution in [3.8, 4) is 0 Å². The van der Waals surface area contributed by atoms with Crippen LogP contribution in [0.3, 0.4) is 0 Å². The molecule has 0 radical (unpaired) electrons. The van der Waals surface area contributed by atoms with Crippen molar-refractivity contribution in [2.24, 2.45) is 0 Å². The number of Topliss-reactive ketones (excluding diaryl/α,β-unsaturated/α-hetero) is 1. The molecule has 0 bridgehead atoms. The topological polar surface area (TPSA) is 43.4 Å². The second kappa shape index (κ2) is 11.1. The summed E-state index contributed by atoms with van der Waals surface area (Å²) in [5.41, 5.74) is 0. The molecule has 3 nitrogen and oxygen atoms in total. The number of ketones is 1. The lowest BCUT2D eigenvalue weighted by Crippen LogP contribution is -2.02. The number of ether oxygens (including phenoxy) is 1. The van der Waals surface area contributed by atoms with Crippen LogP contribution >= 0.6 is 0 Å². The van der Waals surface area contributed by atoms with E-state index in [4.69, 9.17) is 0 Å². The van der Waals surface area contributed by atoms with Crippen molar-refractivity contribution in [2.45, 2.75) is 21.3 Å². The molecular formula is C7H16O3. The van der Waals surface area contributed by atoms with Crippen molar-refractivity contribution < 1.29 is 14.3 Å². The van der Waals surface area contributed by atoms with Gasteiger partial charge in [0.2, 0.25) is 0 Å². The predicted octanol–water partition coefficient (Wildman–Crippen LogP) is 1.06. The SMILES string of the molecule is C.C.COCCC(=O)C=O. The van der Waals surface area contributed by atoms with Crippen LogP contribution in [0.5, 0.6) is 0 Å². The first-order valence-electron chi connectivity index (χ1n) is 2.28. The maximum Gasteiger partial charge on any atom is 0.197 e. The van der Waals surface area contributed by atoms with E-state index in [1.807, 2.05) is 0 Å². The smallest absolute Gasteiger partial charge is 0.197 e. The fourth-order valence-electron chi connectivity index (χ4n) is 0.262. The van der Waals surface area contributed by atoms with Gasteiger partial charge in [-0.1, -0.05) is 14.9 Å².